The van der Waals surface area contributed by atoms with Gasteiger partial charge in [-0.2, -0.15) is 0 Å². The van der Waals surface area contributed by atoms with Gasteiger partial charge in [0.25, 0.3) is 10.0 Å². The van der Waals surface area contributed by atoms with E-state index in [1.807, 2.05) is 0 Å². The lowest BCUT2D eigenvalue weighted by molar-refractivity contribution is 0.565. The first-order valence-corrected chi connectivity index (χ1v) is 10.6. The summed E-state index contributed by atoms with van der Waals surface area (Å²) in [5.74, 6) is 0. The molecule has 0 radical (unpaired) electrons. The molecule has 0 N–H and O–H groups in total. The van der Waals surface area contributed by atoms with Crippen LogP contribution in [0.1, 0.15) is 19.8 Å². The van der Waals surface area contributed by atoms with Crippen LogP contribution in [0.15, 0.2) is 52.5 Å². The van der Waals surface area contributed by atoms with E-state index >= 15 is 0 Å². The molecular weight excluding hydrogens is 431 g/mol. The van der Waals surface area contributed by atoms with Crippen molar-refractivity contribution in [2.45, 2.75) is 30.7 Å². The number of anilines is 1. The molecule has 2 rings (SSSR count). The Balaban J connectivity index is 2.49. The number of halogens is 3. The van der Waals surface area contributed by atoms with Crippen LogP contribution in [0, 0.1) is 0 Å². The van der Waals surface area contributed by atoms with Crippen molar-refractivity contribution in [3.8, 4) is 0 Å². The quantitative estimate of drug-likeness (QED) is 0.205. The number of hydrogen-bond acceptors (Lipinski definition) is 3. The fraction of sp³-hybridized carbons (Fsp3) is 0.294. The molecule has 0 saturated carbocycles. The van der Waals surface area contributed by atoms with Gasteiger partial charge in [0.2, 0.25) is 0 Å². The van der Waals surface area contributed by atoms with E-state index in [-0.39, 0.29) is 22.2 Å². The summed E-state index contributed by atoms with van der Waals surface area (Å²) in [5.41, 5.74) is 8.68. The fourth-order valence-corrected chi connectivity index (χ4v) is 4.85. The maximum absolute atomic E-state index is 13.3. The summed E-state index contributed by atoms with van der Waals surface area (Å²) in [6.07, 6.45) is 0.991. The molecular formula is C17H17Cl3N4O2S. The monoisotopic (exact) mass is 446 g/mol. The normalized spacial score (nSPS) is 12.3. The molecule has 2 aromatic carbocycles. The smallest absolute Gasteiger partial charge is 0.262 e. The summed E-state index contributed by atoms with van der Waals surface area (Å²) in [4.78, 5) is 2.80. The highest BCUT2D eigenvalue weighted by atomic mass is 35.5. The molecule has 0 amide bonds. The predicted octanol–water partition coefficient (Wildman–Crippen LogP) is 6.32. The molecule has 0 fully saturated rings. The van der Waals surface area contributed by atoms with Crippen LogP contribution < -0.4 is 4.31 Å². The van der Waals surface area contributed by atoms with Crippen molar-refractivity contribution >= 4 is 50.5 Å². The van der Waals surface area contributed by atoms with Gasteiger partial charge in [0.05, 0.1) is 15.6 Å². The average Bonchev–Trinajstić information content (AvgIpc) is 2.62. The Morgan fingerprint density at radius 3 is 2.37 bits per heavy atom. The zero-order valence-corrected chi connectivity index (χ0v) is 17.5. The minimum absolute atomic E-state index is 0.0878. The second kappa shape index (κ2) is 9.53. The third kappa shape index (κ3) is 5.43. The molecule has 0 spiro atoms. The first-order valence-electron chi connectivity index (χ1n) is 8.03. The highest BCUT2D eigenvalue weighted by Gasteiger charge is 2.31. The maximum atomic E-state index is 13.3. The molecule has 2 aromatic rings. The van der Waals surface area contributed by atoms with Crippen molar-refractivity contribution in [3.63, 3.8) is 0 Å². The van der Waals surface area contributed by atoms with E-state index in [2.05, 4.69) is 10.0 Å². The third-order valence-electron chi connectivity index (χ3n) is 3.86. The van der Waals surface area contributed by atoms with Gasteiger partial charge in [0.1, 0.15) is 0 Å². The van der Waals surface area contributed by atoms with Gasteiger partial charge in [0, 0.05) is 27.5 Å². The standard InChI is InChI=1S/C17H17Cl3N4O2S/c1-12(3-2-10-22-23-21)24(17-11-14(19)6-9-16(17)20)27(25,26)15-7-4-13(18)5-8-15/h4-9,11-12H,2-3,10H2,1H3. The van der Waals surface area contributed by atoms with Gasteiger partial charge < -0.3 is 0 Å². The van der Waals surface area contributed by atoms with Crippen LogP contribution in [-0.2, 0) is 10.0 Å². The Labute approximate surface area is 173 Å². The minimum atomic E-state index is -3.92. The number of sulfonamides is 1. The average molecular weight is 448 g/mol. The molecule has 1 atom stereocenters. The highest BCUT2D eigenvalue weighted by Crippen LogP contribution is 2.35. The van der Waals surface area contributed by atoms with E-state index in [4.69, 9.17) is 40.3 Å². The van der Waals surface area contributed by atoms with E-state index in [9.17, 15) is 8.42 Å². The van der Waals surface area contributed by atoms with Crippen LogP contribution in [-0.4, -0.2) is 21.0 Å². The molecule has 0 aliphatic heterocycles. The Hall–Kier alpha value is -1.63. The van der Waals surface area contributed by atoms with E-state index < -0.39 is 16.1 Å². The minimum Gasteiger partial charge on any atom is -0.262 e. The molecule has 0 aliphatic rings. The summed E-state index contributed by atoms with van der Waals surface area (Å²) in [7, 11) is -3.92. The second-order valence-corrected chi connectivity index (χ2v) is 8.89. The van der Waals surface area contributed by atoms with Crippen LogP contribution in [0.5, 0.6) is 0 Å². The summed E-state index contributed by atoms with van der Waals surface area (Å²) in [6.45, 7) is 2.04. The summed E-state index contributed by atoms with van der Waals surface area (Å²) >= 11 is 18.2. The number of hydrogen-bond donors (Lipinski definition) is 0. The molecule has 0 aromatic heterocycles. The molecule has 27 heavy (non-hydrogen) atoms. The lowest BCUT2D eigenvalue weighted by Gasteiger charge is -2.31. The van der Waals surface area contributed by atoms with Crippen molar-refractivity contribution < 1.29 is 8.42 Å². The third-order valence-corrected chi connectivity index (χ3v) is 6.61. The summed E-state index contributed by atoms with van der Waals surface area (Å²) < 4.78 is 27.9. The molecule has 6 nitrogen and oxygen atoms in total. The second-order valence-electron chi connectivity index (χ2n) is 5.80. The molecule has 1 unspecified atom stereocenters. The predicted molar refractivity (Wildman–Crippen MR) is 110 cm³/mol. The Bertz CT molecular complexity index is 945. The van der Waals surface area contributed by atoms with E-state index in [1.165, 1.54) is 34.6 Å². The lowest BCUT2D eigenvalue weighted by atomic mass is 10.1. The Morgan fingerprint density at radius 1 is 1.11 bits per heavy atom. The number of rotatable bonds is 8. The molecule has 0 heterocycles. The maximum Gasteiger partial charge on any atom is 0.264 e. The van der Waals surface area contributed by atoms with E-state index in [0.29, 0.717) is 22.9 Å². The van der Waals surface area contributed by atoms with Gasteiger partial charge in [0.15, 0.2) is 0 Å². The first-order chi connectivity index (χ1) is 12.8. The lowest BCUT2D eigenvalue weighted by Crippen LogP contribution is -2.39. The van der Waals surface area contributed by atoms with Crippen molar-refractivity contribution in [2.75, 3.05) is 10.8 Å². The van der Waals surface area contributed by atoms with Crippen molar-refractivity contribution in [1.82, 2.24) is 0 Å². The summed E-state index contributed by atoms with van der Waals surface area (Å²) in [6, 6.07) is 10.1. The van der Waals surface area contributed by atoms with Gasteiger partial charge >= 0.3 is 0 Å². The van der Waals surface area contributed by atoms with E-state index in [1.54, 1.807) is 19.1 Å². The van der Waals surface area contributed by atoms with Gasteiger partial charge in [-0.1, -0.05) is 39.9 Å². The first kappa shape index (κ1) is 21.7. The fourth-order valence-electron chi connectivity index (χ4n) is 2.60. The number of nitrogens with zero attached hydrogens (tertiary/aromatic N) is 4. The van der Waals surface area contributed by atoms with Gasteiger partial charge in [-0.15, -0.1) is 0 Å². The van der Waals surface area contributed by atoms with Crippen molar-refractivity contribution in [1.29, 1.82) is 0 Å². The zero-order chi connectivity index (χ0) is 20.0. The van der Waals surface area contributed by atoms with Gasteiger partial charge in [-0.3, -0.25) is 4.31 Å². The van der Waals surface area contributed by atoms with Crippen LogP contribution in [0.2, 0.25) is 15.1 Å². The van der Waals surface area contributed by atoms with Gasteiger partial charge in [-0.25, -0.2) is 8.42 Å². The van der Waals surface area contributed by atoms with Crippen LogP contribution in [0.4, 0.5) is 5.69 Å². The van der Waals surface area contributed by atoms with E-state index in [0.717, 1.165) is 0 Å². The molecule has 144 valence electrons. The molecule has 0 aliphatic carbocycles. The number of azide groups is 1. The largest absolute Gasteiger partial charge is 0.264 e. The van der Waals surface area contributed by atoms with Crippen LogP contribution >= 0.6 is 34.8 Å². The van der Waals surface area contributed by atoms with Crippen molar-refractivity contribution in [3.05, 3.63) is 68.0 Å². The van der Waals surface area contributed by atoms with Crippen LogP contribution in [0.25, 0.3) is 10.4 Å². The molecule has 0 saturated heterocycles. The zero-order valence-electron chi connectivity index (χ0n) is 14.4. The number of benzene rings is 2. The SMILES string of the molecule is CC(CCCN=[N+]=[N-])N(c1cc(Cl)ccc1Cl)S(=O)(=O)c1ccc(Cl)cc1. The Morgan fingerprint density at radius 2 is 1.74 bits per heavy atom. The topological polar surface area (TPSA) is 86.1 Å². The van der Waals surface area contributed by atoms with Gasteiger partial charge in [-0.05, 0) is 67.8 Å². The van der Waals surface area contributed by atoms with Crippen molar-refractivity contribution in [2.24, 2.45) is 5.11 Å². The Kier molecular flexibility index (Phi) is 7.65. The van der Waals surface area contributed by atoms with Crippen LogP contribution in [0.3, 0.4) is 0 Å². The molecule has 10 heteroatoms. The summed E-state index contributed by atoms with van der Waals surface area (Å²) in [5, 5.41) is 4.55. The molecule has 0 bridgehead atoms. The highest BCUT2D eigenvalue weighted by molar-refractivity contribution is 7.92.